The number of rotatable bonds is 5. The molecule has 2 aromatic rings. The minimum Gasteiger partial charge on any atom is -0.373 e. The summed E-state index contributed by atoms with van der Waals surface area (Å²) in [6.45, 7) is 7.26. The van der Waals surface area contributed by atoms with Crippen LogP contribution in [0.25, 0.3) is 0 Å². The Hall–Kier alpha value is -2.37. The second-order valence-electron chi connectivity index (χ2n) is 4.89. The van der Waals surface area contributed by atoms with Crippen molar-refractivity contribution in [2.24, 2.45) is 0 Å². The summed E-state index contributed by atoms with van der Waals surface area (Å²) >= 11 is 0. The van der Waals surface area contributed by atoms with Gasteiger partial charge in [0, 0.05) is 30.5 Å². The molecule has 2 rings (SSSR count). The van der Waals surface area contributed by atoms with Crippen LogP contribution in [0.4, 0.5) is 15.8 Å². The Labute approximate surface area is 122 Å². The van der Waals surface area contributed by atoms with E-state index in [2.05, 4.69) is 16.8 Å². The second kappa shape index (κ2) is 5.95. The van der Waals surface area contributed by atoms with Crippen LogP contribution < -0.4 is 5.32 Å². The van der Waals surface area contributed by atoms with Gasteiger partial charge in [0.25, 0.3) is 5.69 Å². The fraction of sp³-hybridized carbons (Fsp3) is 0.333. The Morgan fingerprint density at radius 2 is 2.10 bits per heavy atom. The fourth-order valence-corrected chi connectivity index (χ4v) is 2.56. The summed E-state index contributed by atoms with van der Waals surface area (Å²) in [5.74, 6) is -0.617. The van der Waals surface area contributed by atoms with E-state index in [0.29, 0.717) is 6.54 Å². The van der Waals surface area contributed by atoms with Crippen LogP contribution in [0, 0.1) is 29.8 Å². The first-order valence-electron chi connectivity index (χ1n) is 6.78. The highest BCUT2D eigenvalue weighted by Crippen LogP contribution is 2.28. The molecule has 1 heterocycles. The van der Waals surface area contributed by atoms with Gasteiger partial charge in [-0.2, -0.15) is 0 Å². The number of aryl methyl sites for hydroxylation is 1. The van der Waals surface area contributed by atoms with Crippen molar-refractivity contribution in [3.8, 4) is 0 Å². The maximum atomic E-state index is 13.8. The third-order valence-corrected chi connectivity index (χ3v) is 3.64. The zero-order valence-corrected chi connectivity index (χ0v) is 12.3. The number of nitrogens with zero attached hydrogens (tertiary/aromatic N) is 2. The largest absolute Gasteiger partial charge is 0.373 e. The van der Waals surface area contributed by atoms with Gasteiger partial charge in [0.05, 0.1) is 4.92 Å². The van der Waals surface area contributed by atoms with E-state index in [1.54, 1.807) is 0 Å². The van der Waals surface area contributed by atoms with Gasteiger partial charge in [-0.25, -0.2) is 4.39 Å². The summed E-state index contributed by atoms with van der Waals surface area (Å²) < 4.78 is 15.9. The third-order valence-electron chi connectivity index (χ3n) is 3.64. The van der Waals surface area contributed by atoms with E-state index in [-0.39, 0.29) is 11.4 Å². The zero-order valence-electron chi connectivity index (χ0n) is 12.3. The van der Waals surface area contributed by atoms with E-state index in [1.165, 1.54) is 18.2 Å². The highest BCUT2D eigenvalue weighted by atomic mass is 19.1. The lowest BCUT2D eigenvalue weighted by atomic mass is 10.2. The molecule has 6 heteroatoms. The van der Waals surface area contributed by atoms with Crippen LogP contribution in [-0.4, -0.2) is 9.49 Å². The Kier molecular flexibility index (Phi) is 4.26. The lowest BCUT2D eigenvalue weighted by Gasteiger charge is -2.09. The van der Waals surface area contributed by atoms with Gasteiger partial charge in [0.1, 0.15) is 5.69 Å². The van der Waals surface area contributed by atoms with E-state index < -0.39 is 10.7 Å². The van der Waals surface area contributed by atoms with Gasteiger partial charge in [-0.3, -0.25) is 10.1 Å². The maximum Gasteiger partial charge on any atom is 0.295 e. The summed E-state index contributed by atoms with van der Waals surface area (Å²) in [5, 5.41) is 13.8. The van der Waals surface area contributed by atoms with Gasteiger partial charge in [0.15, 0.2) is 5.82 Å². The molecule has 1 aromatic heterocycles. The van der Waals surface area contributed by atoms with Crippen LogP contribution in [0.2, 0.25) is 0 Å². The van der Waals surface area contributed by atoms with Crippen LogP contribution in [0.15, 0.2) is 24.3 Å². The van der Waals surface area contributed by atoms with E-state index in [1.807, 2.05) is 19.9 Å². The Morgan fingerprint density at radius 3 is 2.67 bits per heavy atom. The minimum absolute atomic E-state index is 0.0659. The summed E-state index contributed by atoms with van der Waals surface area (Å²) in [6, 6.07) is 5.85. The van der Waals surface area contributed by atoms with Crippen LogP contribution in [0.1, 0.15) is 23.9 Å². The molecule has 21 heavy (non-hydrogen) atoms. The molecular weight excluding hydrogens is 273 g/mol. The number of benzene rings is 1. The smallest absolute Gasteiger partial charge is 0.295 e. The molecule has 0 aliphatic carbocycles. The molecule has 5 nitrogen and oxygen atoms in total. The van der Waals surface area contributed by atoms with Gasteiger partial charge in [-0.15, -0.1) is 0 Å². The van der Waals surface area contributed by atoms with E-state index in [4.69, 9.17) is 0 Å². The number of nitrogens with one attached hydrogen (secondary N) is 1. The summed E-state index contributed by atoms with van der Waals surface area (Å²) in [7, 11) is 0. The lowest BCUT2D eigenvalue weighted by molar-refractivity contribution is -0.384. The maximum absolute atomic E-state index is 13.8. The van der Waals surface area contributed by atoms with Crippen LogP contribution in [0.5, 0.6) is 0 Å². The molecule has 0 saturated carbocycles. The topological polar surface area (TPSA) is 60.1 Å². The minimum atomic E-state index is -0.617. The van der Waals surface area contributed by atoms with Crippen molar-refractivity contribution < 1.29 is 9.31 Å². The average Bonchev–Trinajstić information content (AvgIpc) is 2.71. The normalized spacial score (nSPS) is 10.7. The molecular formula is C15H18FN3O2. The third kappa shape index (κ3) is 2.89. The summed E-state index contributed by atoms with van der Waals surface area (Å²) in [6.07, 6.45) is 0. The number of anilines is 1. The molecule has 0 spiro atoms. The van der Waals surface area contributed by atoms with Crippen molar-refractivity contribution >= 4 is 11.4 Å². The standard InChI is InChI=1S/C15H18FN3O2/c1-4-18-10(2)8-12(11(18)3)9-17-15-13(16)6-5-7-14(15)19(20)21/h5-8,17H,4,9H2,1-3H3. The number of nitro benzene ring substituents is 1. The second-order valence-corrected chi connectivity index (χ2v) is 4.89. The van der Waals surface area contributed by atoms with Crippen molar-refractivity contribution in [1.82, 2.24) is 4.57 Å². The van der Waals surface area contributed by atoms with Crippen LogP contribution in [0.3, 0.4) is 0 Å². The molecule has 0 atom stereocenters. The molecule has 1 aromatic carbocycles. The SMILES string of the molecule is CCn1c(C)cc(CNc2c(F)cccc2[N+](=O)[O-])c1C. The number of aromatic nitrogens is 1. The molecule has 0 bridgehead atoms. The highest BCUT2D eigenvalue weighted by molar-refractivity contribution is 5.62. The Bertz CT molecular complexity index is 680. The van der Waals surface area contributed by atoms with E-state index in [0.717, 1.165) is 23.5 Å². The summed E-state index contributed by atoms with van der Waals surface area (Å²) in [4.78, 5) is 10.4. The number of hydrogen-bond donors (Lipinski definition) is 1. The number of para-hydroxylation sites is 1. The van der Waals surface area contributed by atoms with E-state index in [9.17, 15) is 14.5 Å². The molecule has 0 fully saturated rings. The van der Waals surface area contributed by atoms with Crippen molar-refractivity contribution in [2.75, 3.05) is 5.32 Å². The fourth-order valence-electron chi connectivity index (χ4n) is 2.56. The quantitative estimate of drug-likeness (QED) is 0.673. The first kappa shape index (κ1) is 15.0. The van der Waals surface area contributed by atoms with Gasteiger partial charge in [-0.05, 0) is 38.5 Å². The zero-order chi connectivity index (χ0) is 15.6. The summed E-state index contributed by atoms with van der Waals surface area (Å²) in [5.41, 5.74) is 2.89. The lowest BCUT2D eigenvalue weighted by Crippen LogP contribution is -2.06. The van der Waals surface area contributed by atoms with Crippen molar-refractivity contribution in [2.45, 2.75) is 33.9 Å². The molecule has 0 aliphatic heterocycles. The molecule has 0 aliphatic rings. The first-order valence-corrected chi connectivity index (χ1v) is 6.78. The van der Waals surface area contributed by atoms with E-state index >= 15 is 0 Å². The van der Waals surface area contributed by atoms with Gasteiger partial charge < -0.3 is 9.88 Å². The number of hydrogen-bond acceptors (Lipinski definition) is 3. The van der Waals surface area contributed by atoms with Gasteiger partial charge in [-0.1, -0.05) is 6.07 Å². The predicted molar refractivity (Wildman–Crippen MR) is 80.0 cm³/mol. The molecule has 0 unspecified atom stereocenters. The molecule has 0 radical (unpaired) electrons. The highest BCUT2D eigenvalue weighted by Gasteiger charge is 2.18. The van der Waals surface area contributed by atoms with Gasteiger partial charge in [0.2, 0.25) is 0 Å². The Morgan fingerprint density at radius 1 is 1.38 bits per heavy atom. The van der Waals surface area contributed by atoms with Crippen molar-refractivity contribution in [1.29, 1.82) is 0 Å². The van der Waals surface area contributed by atoms with Crippen molar-refractivity contribution in [3.63, 3.8) is 0 Å². The first-order chi connectivity index (χ1) is 9.95. The number of nitro groups is 1. The van der Waals surface area contributed by atoms with Crippen LogP contribution in [-0.2, 0) is 13.1 Å². The van der Waals surface area contributed by atoms with Crippen molar-refractivity contribution in [3.05, 3.63) is 57.1 Å². The molecule has 1 N–H and O–H groups in total. The number of halogens is 1. The monoisotopic (exact) mass is 291 g/mol. The van der Waals surface area contributed by atoms with Gasteiger partial charge >= 0.3 is 0 Å². The van der Waals surface area contributed by atoms with Crippen LogP contribution >= 0.6 is 0 Å². The molecule has 112 valence electrons. The Balaban J connectivity index is 2.27. The molecule has 0 amide bonds. The molecule has 0 saturated heterocycles. The average molecular weight is 291 g/mol. The predicted octanol–water partition coefficient (Wildman–Crippen LogP) is 3.78.